The number of hydrogen-bond acceptors (Lipinski definition) is 4. The van der Waals surface area contributed by atoms with E-state index in [2.05, 4.69) is 33.9 Å². The minimum absolute atomic E-state index is 0.197. The van der Waals surface area contributed by atoms with Crippen LogP contribution in [-0.2, 0) is 19.1 Å². The van der Waals surface area contributed by atoms with Gasteiger partial charge in [0, 0.05) is 24.0 Å². The van der Waals surface area contributed by atoms with Crippen LogP contribution in [0.4, 0.5) is 0 Å². The van der Waals surface area contributed by atoms with Crippen molar-refractivity contribution in [1.82, 2.24) is 0 Å². The first-order valence-corrected chi connectivity index (χ1v) is 7.99. The molecule has 4 atom stereocenters. The zero-order valence-electron chi connectivity index (χ0n) is 13.9. The molecule has 0 bridgehead atoms. The van der Waals surface area contributed by atoms with Crippen molar-refractivity contribution in [2.45, 2.75) is 33.6 Å². The Hall–Kier alpha value is -1.58. The highest BCUT2D eigenvalue weighted by molar-refractivity contribution is 5.81. The summed E-state index contributed by atoms with van der Waals surface area (Å²) in [7, 11) is 0. The normalized spacial score (nSPS) is 28.0. The third-order valence-electron chi connectivity index (χ3n) is 4.81. The topological polar surface area (TPSA) is 52.6 Å². The molecule has 1 aliphatic carbocycles. The molecule has 4 nitrogen and oxygen atoms in total. The van der Waals surface area contributed by atoms with Crippen LogP contribution in [0, 0.1) is 29.6 Å². The molecule has 0 amide bonds. The lowest BCUT2D eigenvalue weighted by Crippen LogP contribution is -2.41. The quantitative estimate of drug-likeness (QED) is 0.534. The Morgan fingerprint density at radius 3 is 2.00 bits per heavy atom. The number of carbonyl (C=O) groups excluding carboxylic acids is 2. The van der Waals surface area contributed by atoms with Crippen molar-refractivity contribution in [2.24, 2.45) is 29.6 Å². The average molecular weight is 308 g/mol. The predicted molar refractivity (Wildman–Crippen MR) is 86.0 cm³/mol. The summed E-state index contributed by atoms with van der Waals surface area (Å²) in [5.41, 5.74) is 0. The molecule has 0 heterocycles. The van der Waals surface area contributed by atoms with Gasteiger partial charge in [0.05, 0.1) is 13.2 Å². The van der Waals surface area contributed by atoms with Crippen molar-refractivity contribution in [1.29, 1.82) is 0 Å². The molecule has 0 aromatic rings. The Morgan fingerprint density at radius 2 is 1.55 bits per heavy atom. The van der Waals surface area contributed by atoms with Gasteiger partial charge in [-0.2, -0.15) is 0 Å². The lowest BCUT2D eigenvalue weighted by atomic mass is 9.64. The van der Waals surface area contributed by atoms with E-state index in [-0.39, 0.29) is 11.8 Å². The van der Waals surface area contributed by atoms with Gasteiger partial charge in [0.2, 0.25) is 0 Å². The number of rotatable bonds is 7. The van der Waals surface area contributed by atoms with Crippen molar-refractivity contribution in [3.63, 3.8) is 0 Å². The summed E-state index contributed by atoms with van der Waals surface area (Å²) in [6.07, 6.45) is 4.58. The van der Waals surface area contributed by atoms with E-state index in [1.54, 1.807) is 0 Å². The van der Waals surface area contributed by atoms with Gasteiger partial charge in [0.15, 0.2) is 0 Å². The highest BCUT2D eigenvalue weighted by Gasteiger charge is 2.39. The van der Waals surface area contributed by atoms with E-state index in [0.717, 1.165) is 12.8 Å². The van der Waals surface area contributed by atoms with Crippen LogP contribution in [0.3, 0.4) is 0 Å². The number of hydrogen-bond donors (Lipinski definition) is 0. The van der Waals surface area contributed by atoms with E-state index in [1.165, 1.54) is 12.2 Å². The van der Waals surface area contributed by atoms with E-state index in [1.807, 2.05) is 0 Å². The fourth-order valence-corrected chi connectivity index (χ4v) is 3.46. The molecule has 22 heavy (non-hydrogen) atoms. The van der Waals surface area contributed by atoms with Crippen LogP contribution >= 0.6 is 0 Å². The van der Waals surface area contributed by atoms with Gasteiger partial charge in [-0.15, -0.1) is 0 Å². The van der Waals surface area contributed by atoms with Crippen molar-refractivity contribution in [3.8, 4) is 0 Å². The Balaban J connectivity index is 2.82. The minimum Gasteiger partial charge on any atom is -0.462 e. The Labute approximate surface area is 133 Å². The van der Waals surface area contributed by atoms with Crippen LogP contribution in [0.25, 0.3) is 0 Å². The molecule has 1 aliphatic rings. The molecule has 4 heteroatoms. The summed E-state index contributed by atoms with van der Waals surface area (Å²) >= 11 is 0. The third kappa shape index (κ3) is 5.00. The summed E-state index contributed by atoms with van der Waals surface area (Å²) in [6, 6.07) is 0. The first-order valence-electron chi connectivity index (χ1n) is 7.99. The molecule has 0 aromatic heterocycles. The van der Waals surface area contributed by atoms with Crippen LogP contribution in [0.1, 0.15) is 33.6 Å². The fraction of sp³-hybridized carbons (Fsp3) is 0.667. The van der Waals surface area contributed by atoms with Crippen LogP contribution in [0.15, 0.2) is 25.3 Å². The molecule has 0 N–H and O–H groups in total. The first kappa shape index (κ1) is 18.5. The van der Waals surface area contributed by atoms with E-state index in [0.29, 0.717) is 31.0 Å². The molecule has 0 spiro atoms. The maximum atomic E-state index is 11.4. The molecular weight excluding hydrogens is 280 g/mol. The van der Waals surface area contributed by atoms with E-state index < -0.39 is 11.9 Å². The zero-order valence-corrected chi connectivity index (χ0v) is 13.9. The molecule has 0 aliphatic heterocycles. The van der Waals surface area contributed by atoms with Crippen LogP contribution in [0.2, 0.25) is 0 Å². The van der Waals surface area contributed by atoms with Crippen LogP contribution in [-0.4, -0.2) is 25.2 Å². The summed E-state index contributed by atoms with van der Waals surface area (Å²) in [5.74, 6) is 0.982. The van der Waals surface area contributed by atoms with Crippen molar-refractivity contribution < 1.29 is 19.1 Å². The number of esters is 2. The SMILES string of the molecule is C=CC(=O)OCC1C(C)CCC(C(C)C)C1COC(=O)C=C. The summed E-state index contributed by atoms with van der Waals surface area (Å²) in [6.45, 7) is 14.1. The Kier molecular flexibility index (Phi) is 7.36. The van der Waals surface area contributed by atoms with Crippen LogP contribution in [0.5, 0.6) is 0 Å². The zero-order chi connectivity index (χ0) is 16.7. The standard InChI is InChI=1S/C18H28O4/c1-6-17(19)21-10-15-13(5)8-9-14(12(3)4)16(15)11-22-18(20)7-2/h6-7,12-16H,1-2,8-11H2,3-5H3. The fourth-order valence-electron chi connectivity index (χ4n) is 3.46. The second kappa shape index (κ2) is 8.76. The van der Waals surface area contributed by atoms with Gasteiger partial charge in [-0.25, -0.2) is 9.59 Å². The molecule has 1 fully saturated rings. The second-order valence-corrected chi connectivity index (χ2v) is 6.46. The van der Waals surface area contributed by atoms with E-state index in [9.17, 15) is 9.59 Å². The molecule has 0 saturated heterocycles. The molecular formula is C18H28O4. The van der Waals surface area contributed by atoms with Gasteiger partial charge in [-0.3, -0.25) is 0 Å². The van der Waals surface area contributed by atoms with E-state index >= 15 is 0 Å². The predicted octanol–water partition coefficient (Wildman–Crippen LogP) is 3.38. The average Bonchev–Trinajstić information content (AvgIpc) is 2.50. The largest absolute Gasteiger partial charge is 0.462 e. The molecule has 0 radical (unpaired) electrons. The molecule has 0 aromatic carbocycles. The summed E-state index contributed by atoms with van der Waals surface area (Å²) in [5, 5.41) is 0. The number of ether oxygens (including phenoxy) is 2. The Bertz CT molecular complexity index is 413. The lowest BCUT2D eigenvalue weighted by molar-refractivity contribution is -0.147. The minimum atomic E-state index is -0.402. The number of carbonyl (C=O) groups is 2. The highest BCUT2D eigenvalue weighted by Crippen LogP contribution is 2.42. The maximum absolute atomic E-state index is 11.4. The highest BCUT2D eigenvalue weighted by atomic mass is 16.5. The van der Waals surface area contributed by atoms with Gasteiger partial charge in [0.25, 0.3) is 0 Å². The monoisotopic (exact) mass is 308 g/mol. The van der Waals surface area contributed by atoms with Gasteiger partial charge in [-0.05, 0) is 24.2 Å². The third-order valence-corrected chi connectivity index (χ3v) is 4.81. The molecule has 124 valence electrons. The first-order chi connectivity index (χ1) is 10.4. The van der Waals surface area contributed by atoms with Gasteiger partial charge in [-0.1, -0.05) is 40.3 Å². The van der Waals surface area contributed by atoms with Gasteiger partial charge in [0.1, 0.15) is 0 Å². The van der Waals surface area contributed by atoms with E-state index in [4.69, 9.17) is 9.47 Å². The molecule has 1 rings (SSSR count). The van der Waals surface area contributed by atoms with Gasteiger partial charge < -0.3 is 9.47 Å². The summed E-state index contributed by atoms with van der Waals surface area (Å²) < 4.78 is 10.6. The Morgan fingerprint density at radius 1 is 1.05 bits per heavy atom. The molecule has 4 unspecified atom stereocenters. The smallest absolute Gasteiger partial charge is 0.330 e. The summed E-state index contributed by atoms with van der Waals surface area (Å²) in [4.78, 5) is 22.7. The molecule has 1 saturated carbocycles. The van der Waals surface area contributed by atoms with Crippen molar-refractivity contribution in [2.75, 3.05) is 13.2 Å². The van der Waals surface area contributed by atoms with Crippen molar-refractivity contribution in [3.05, 3.63) is 25.3 Å². The second-order valence-electron chi connectivity index (χ2n) is 6.46. The maximum Gasteiger partial charge on any atom is 0.330 e. The lowest BCUT2D eigenvalue weighted by Gasteiger charge is -2.43. The van der Waals surface area contributed by atoms with Crippen molar-refractivity contribution >= 4 is 11.9 Å². The van der Waals surface area contributed by atoms with Gasteiger partial charge >= 0.3 is 11.9 Å². The van der Waals surface area contributed by atoms with Crippen LogP contribution < -0.4 is 0 Å².